The van der Waals surface area contributed by atoms with Gasteiger partial charge in [-0.15, -0.1) is 0 Å². The smallest absolute Gasteiger partial charge is 0.0901 e. The zero-order valence-corrected chi connectivity index (χ0v) is 13.6. The molecule has 2 heterocycles. The summed E-state index contributed by atoms with van der Waals surface area (Å²) in [5, 5.41) is 9.37. The third-order valence-electron chi connectivity index (χ3n) is 5.34. The van der Waals surface area contributed by atoms with E-state index >= 15 is 0 Å². The van der Waals surface area contributed by atoms with Crippen LogP contribution in [0.5, 0.6) is 0 Å². The van der Waals surface area contributed by atoms with Crippen LogP contribution >= 0.6 is 0 Å². The van der Waals surface area contributed by atoms with E-state index in [0.29, 0.717) is 6.42 Å². The van der Waals surface area contributed by atoms with Crippen LogP contribution < -0.4 is 9.80 Å². The molecular weight excluding hydrogens is 284 g/mol. The number of fused-ring (bicyclic) bond motifs is 1. The molecule has 1 aromatic rings. The van der Waals surface area contributed by atoms with Crippen molar-refractivity contribution in [1.29, 1.82) is 5.26 Å². The van der Waals surface area contributed by atoms with E-state index in [1.165, 1.54) is 37.2 Å². The monoisotopic (exact) mass is 306 g/mol. The van der Waals surface area contributed by atoms with Crippen LogP contribution in [0.2, 0.25) is 0 Å². The quantitative estimate of drug-likeness (QED) is 0.856. The summed E-state index contributed by atoms with van der Waals surface area (Å²) in [6, 6.07) is 9.01. The maximum absolute atomic E-state index is 9.37. The molecule has 1 fully saturated rings. The number of hydrogen-bond donors (Lipinski definition) is 0. The van der Waals surface area contributed by atoms with Gasteiger partial charge in [-0.1, -0.05) is 12.5 Å². The Labute approximate surface area is 137 Å². The second-order valence-electron chi connectivity index (χ2n) is 6.90. The molecular formula is C19H22N4. The third kappa shape index (κ3) is 2.50. The Morgan fingerprint density at radius 2 is 2.17 bits per heavy atom. The van der Waals surface area contributed by atoms with Crippen molar-refractivity contribution >= 4 is 23.2 Å². The first-order valence-corrected chi connectivity index (χ1v) is 8.48. The maximum Gasteiger partial charge on any atom is 0.0901 e. The van der Waals surface area contributed by atoms with Gasteiger partial charge in [0.05, 0.1) is 30.0 Å². The van der Waals surface area contributed by atoms with E-state index in [4.69, 9.17) is 0 Å². The molecule has 23 heavy (non-hydrogen) atoms. The molecule has 1 atom stereocenters. The van der Waals surface area contributed by atoms with E-state index in [1.54, 1.807) is 0 Å². The molecule has 1 unspecified atom stereocenters. The fourth-order valence-electron chi connectivity index (χ4n) is 3.74. The van der Waals surface area contributed by atoms with Crippen molar-refractivity contribution in [3.63, 3.8) is 0 Å². The minimum atomic E-state index is -0.0802. The molecule has 2 aliphatic heterocycles. The standard InChI is InChI=1S/C19H22N4/c1-22-13-23(12-14-3-2-4-14)18-6-5-15(9-19(18)22)17-11-21-8-7-16(17)10-20/h5-6,8-9,11,14,16H,2-4,7,12-13H2,1H3. The molecule has 1 aliphatic carbocycles. The lowest BCUT2D eigenvalue weighted by atomic mass is 9.85. The SMILES string of the molecule is CN1CN(CC2CCC2)c2ccc(C3=CN=CCC3C#N)cc21. The number of rotatable bonds is 3. The Kier molecular flexibility index (Phi) is 3.57. The molecule has 4 heteroatoms. The first kappa shape index (κ1) is 14.3. The van der Waals surface area contributed by atoms with Gasteiger partial charge in [-0.2, -0.15) is 5.26 Å². The molecule has 0 amide bonds. The van der Waals surface area contributed by atoms with Gasteiger partial charge in [0.15, 0.2) is 0 Å². The van der Waals surface area contributed by atoms with Crippen LogP contribution in [0.15, 0.2) is 29.4 Å². The third-order valence-corrected chi connectivity index (χ3v) is 5.34. The predicted molar refractivity (Wildman–Crippen MR) is 94.6 cm³/mol. The van der Waals surface area contributed by atoms with Crippen LogP contribution in [0.25, 0.3) is 5.57 Å². The van der Waals surface area contributed by atoms with Crippen LogP contribution in [0.3, 0.4) is 0 Å². The van der Waals surface area contributed by atoms with E-state index < -0.39 is 0 Å². The fraction of sp³-hybridized carbons (Fsp3) is 0.474. The highest BCUT2D eigenvalue weighted by molar-refractivity contribution is 5.84. The van der Waals surface area contributed by atoms with Crippen molar-refractivity contribution in [2.75, 3.05) is 30.1 Å². The van der Waals surface area contributed by atoms with Gasteiger partial charge in [-0.05, 0) is 42.0 Å². The largest absolute Gasteiger partial charge is 0.355 e. The fourth-order valence-corrected chi connectivity index (χ4v) is 3.74. The van der Waals surface area contributed by atoms with Crippen molar-refractivity contribution in [2.24, 2.45) is 16.8 Å². The van der Waals surface area contributed by atoms with E-state index in [-0.39, 0.29) is 5.92 Å². The topological polar surface area (TPSA) is 42.6 Å². The maximum atomic E-state index is 9.37. The summed E-state index contributed by atoms with van der Waals surface area (Å²) in [6.07, 6.45) is 8.54. The zero-order chi connectivity index (χ0) is 15.8. The molecule has 1 saturated carbocycles. The number of anilines is 2. The second kappa shape index (κ2) is 5.73. The summed E-state index contributed by atoms with van der Waals surface area (Å²) >= 11 is 0. The average Bonchev–Trinajstić information content (AvgIpc) is 2.86. The number of nitriles is 1. The zero-order valence-electron chi connectivity index (χ0n) is 13.6. The Morgan fingerprint density at radius 3 is 2.91 bits per heavy atom. The van der Waals surface area contributed by atoms with Gasteiger partial charge in [0, 0.05) is 32.4 Å². The lowest BCUT2D eigenvalue weighted by molar-refractivity contribution is 0.319. The van der Waals surface area contributed by atoms with Crippen molar-refractivity contribution in [3.8, 4) is 6.07 Å². The highest BCUT2D eigenvalue weighted by Gasteiger charge is 2.28. The average molecular weight is 306 g/mol. The van der Waals surface area contributed by atoms with Crippen molar-refractivity contribution < 1.29 is 0 Å². The van der Waals surface area contributed by atoms with Gasteiger partial charge in [-0.25, -0.2) is 0 Å². The highest BCUT2D eigenvalue weighted by Crippen LogP contribution is 2.40. The number of benzene rings is 1. The molecule has 0 radical (unpaired) electrons. The minimum Gasteiger partial charge on any atom is -0.355 e. The molecule has 0 spiro atoms. The van der Waals surface area contributed by atoms with E-state index in [0.717, 1.165) is 23.7 Å². The van der Waals surface area contributed by atoms with E-state index in [1.807, 2.05) is 12.4 Å². The van der Waals surface area contributed by atoms with Crippen LogP contribution in [-0.4, -0.2) is 26.5 Å². The lowest BCUT2D eigenvalue weighted by Gasteiger charge is -2.31. The molecule has 0 aromatic heterocycles. The van der Waals surface area contributed by atoms with Crippen molar-refractivity contribution in [1.82, 2.24) is 0 Å². The van der Waals surface area contributed by atoms with Gasteiger partial charge < -0.3 is 9.80 Å². The van der Waals surface area contributed by atoms with E-state index in [9.17, 15) is 5.26 Å². The van der Waals surface area contributed by atoms with Crippen molar-refractivity contribution in [2.45, 2.75) is 25.7 Å². The first-order valence-electron chi connectivity index (χ1n) is 8.48. The number of allylic oxidation sites excluding steroid dienone is 1. The summed E-state index contributed by atoms with van der Waals surface area (Å²) in [7, 11) is 2.15. The Balaban J connectivity index is 1.63. The number of nitrogens with zero attached hydrogens (tertiary/aromatic N) is 4. The van der Waals surface area contributed by atoms with Gasteiger partial charge in [0.1, 0.15) is 0 Å². The highest BCUT2D eigenvalue weighted by atomic mass is 15.4. The van der Waals surface area contributed by atoms with Crippen LogP contribution in [0.4, 0.5) is 11.4 Å². The molecule has 4 nitrogen and oxygen atoms in total. The summed E-state index contributed by atoms with van der Waals surface area (Å²) in [5.41, 5.74) is 4.78. The van der Waals surface area contributed by atoms with Gasteiger partial charge >= 0.3 is 0 Å². The van der Waals surface area contributed by atoms with Gasteiger partial charge in [-0.3, -0.25) is 4.99 Å². The molecule has 0 N–H and O–H groups in total. The summed E-state index contributed by atoms with van der Waals surface area (Å²) in [5.74, 6) is 0.788. The Morgan fingerprint density at radius 1 is 1.30 bits per heavy atom. The number of hydrogen-bond acceptors (Lipinski definition) is 4. The first-order chi connectivity index (χ1) is 11.3. The molecule has 1 aromatic carbocycles. The summed E-state index contributed by atoms with van der Waals surface area (Å²) in [6.45, 7) is 2.14. The van der Waals surface area contributed by atoms with Gasteiger partial charge in [0.25, 0.3) is 0 Å². The second-order valence-corrected chi connectivity index (χ2v) is 6.90. The lowest BCUT2D eigenvalue weighted by Crippen LogP contribution is -2.34. The summed E-state index contributed by atoms with van der Waals surface area (Å²) < 4.78 is 0. The van der Waals surface area contributed by atoms with Crippen LogP contribution in [0, 0.1) is 23.2 Å². The Hall–Kier alpha value is -2.28. The molecule has 3 aliphatic rings. The molecule has 4 rings (SSSR count). The minimum absolute atomic E-state index is 0.0802. The van der Waals surface area contributed by atoms with Crippen LogP contribution in [-0.2, 0) is 0 Å². The summed E-state index contributed by atoms with van der Waals surface area (Å²) in [4.78, 5) is 9.07. The van der Waals surface area contributed by atoms with Gasteiger partial charge in [0.2, 0.25) is 0 Å². The normalized spacial score (nSPS) is 23.3. The molecule has 0 saturated heterocycles. The van der Waals surface area contributed by atoms with Crippen molar-refractivity contribution in [3.05, 3.63) is 30.0 Å². The van der Waals surface area contributed by atoms with Crippen LogP contribution in [0.1, 0.15) is 31.2 Å². The van der Waals surface area contributed by atoms with E-state index in [2.05, 4.69) is 46.1 Å². The predicted octanol–water partition coefficient (Wildman–Crippen LogP) is 3.66. The molecule has 0 bridgehead atoms. The number of aliphatic imine (C=N–C) groups is 1. The Bertz CT molecular complexity index is 709. The molecule has 118 valence electrons.